The van der Waals surface area contributed by atoms with Gasteiger partial charge < -0.3 is 10.4 Å². The molecule has 0 aliphatic carbocycles. The van der Waals surface area contributed by atoms with E-state index < -0.39 is 5.97 Å². The number of allylic oxidation sites excluding steroid dienone is 1. The largest absolute Gasteiger partial charge is 0.477 e. The first kappa shape index (κ1) is 10.2. The van der Waals surface area contributed by atoms with E-state index in [2.05, 4.69) is 10.3 Å². The summed E-state index contributed by atoms with van der Waals surface area (Å²) in [5, 5.41) is 11.5. The molecular weight excluding hydrogens is 180 g/mol. The lowest BCUT2D eigenvalue weighted by Crippen LogP contribution is -2.19. The molecule has 14 heavy (non-hydrogen) atoms. The van der Waals surface area contributed by atoms with Crippen LogP contribution in [0, 0.1) is 0 Å². The highest BCUT2D eigenvalue weighted by atomic mass is 16.4. The van der Waals surface area contributed by atoms with Crippen LogP contribution in [-0.2, 0) is 11.3 Å². The van der Waals surface area contributed by atoms with Gasteiger partial charge in [0.1, 0.15) is 5.70 Å². The van der Waals surface area contributed by atoms with Crippen molar-refractivity contribution < 1.29 is 9.90 Å². The first-order chi connectivity index (χ1) is 6.74. The van der Waals surface area contributed by atoms with Crippen molar-refractivity contribution in [1.82, 2.24) is 10.3 Å². The van der Waals surface area contributed by atoms with Crippen molar-refractivity contribution in [3.63, 3.8) is 0 Å². The van der Waals surface area contributed by atoms with Gasteiger partial charge in [0.2, 0.25) is 0 Å². The van der Waals surface area contributed by atoms with Crippen LogP contribution in [0.25, 0.3) is 0 Å². The standard InChI is InChI=1S/C10H12N2O2/c1-2-9(10(13)14)12-7-8-5-3-4-6-11-8/h2-6,12H,7H2,1H3,(H,13,14)/b9-2-. The molecule has 0 aromatic carbocycles. The van der Waals surface area contributed by atoms with Crippen molar-refractivity contribution >= 4 is 5.97 Å². The molecule has 1 aromatic rings. The van der Waals surface area contributed by atoms with Crippen molar-refractivity contribution in [2.45, 2.75) is 13.5 Å². The third-order valence-corrected chi connectivity index (χ3v) is 1.71. The molecule has 0 radical (unpaired) electrons. The zero-order valence-corrected chi connectivity index (χ0v) is 7.90. The second kappa shape index (κ2) is 5.01. The summed E-state index contributed by atoms with van der Waals surface area (Å²) in [6.45, 7) is 2.10. The van der Waals surface area contributed by atoms with Gasteiger partial charge in [0.25, 0.3) is 0 Å². The number of carboxylic acid groups (broad SMARTS) is 1. The predicted molar refractivity (Wildman–Crippen MR) is 52.5 cm³/mol. The van der Waals surface area contributed by atoms with E-state index in [1.807, 2.05) is 18.2 Å². The topological polar surface area (TPSA) is 62.2 Å². The third-order valence-electron chi connectivity index (χ3n) is 1.71. The van der Waals surface area contributed by atoms with Crippen LogP contribution in [0.15, 0.2) is 36.2 Å². The Bertz CT molecular complexity index is 333. The number of carboxylic acids is 1. The summed E-state index contributed by atoms with van der Waals surface area (Å²) in [5.74, 6) is -0.955. The van der Waals surface area contributed by atoms with Crippen molar-refractivity contribution in [2.75, 3.05) is 0 Å². The number of carbonyl (C=O) groups is 1. The van der Waals surface area contributed by atoms with Gasteiger partial charge in [-0.3, -0.25) is 4.98 Å². The van der Waals surface area contributed by atoms with Gasteiger partial charge in [0.05, 0.1) is 12.2 Å². The molecule has 0 aliphatic heterocycles. The average Bonchev–Trinajstić information content (AvgIpc) is 2.20. The first-order valence-electron chi connectivity index (χ1n) is 4.27. The summed E-state index contributed by atoms with van der Waals surface area (Å²) in [7, 11) is 0. The highest BCUT2D eigenvalue weighted by molar-refractivity contribution is 5.85. The van der Waals surface area contributed by atoms with Crippen molar-refractivity contribution in [1.29, 1.82) is 0 Å². The molecule has 0 saturated carbocycles. The van der Waals surface area contributed by atoms with Gasteiger partial charge in [-0.1, -0.05) is 12.1 Å². The first-order valence-corrected chi connectivity index (χ1v) is 4.27. The normalized spacial score (nSPS) is 11.1. The Morgan fingerprint density at radius 3 is 2.93 bits per heavy atom. The molecule has 0 aliphatic rings. The molecule has 0 saturated heterocycles. The second-order valence-corrected chi connectivity index (χ2v) is 2.68. The fourth-order valence-corrected chi connectivity index (χ4v) is 0.990. The van der Waals surface area contributed by atoms with Crippen molar-refractivity contribution in [3.8, 4) is 0 Å². The lowest BCUT2D eigenvalue weighted by Gasteiger charge is -2.05. The Labute approximate surface area is 82.3 Å². The highest BCUT2D eigenvalue weighted by Gasteiger charge is 2.04. The lowest BCUT2D eigenvalue weighted by molar-refractivity contribution is -0.133. The number of nitrogens with one attached hydrogen (secondary N) is 1. The van der Waals surface area contributed by atoms with Crippen LogP contribution in [0.4, 0.5) is 0 Å². The molecule has 0 atom stereocenters. The molecule has 0 fully saturated rings. The molecule has 4 heteroatoms. The number of pyridine rings is 1. The Morgan fingerprint density at radius 1 is 1.64 bits per heavy atom. The smallest absolute Gasteiger partial charge is 0.351 e. The maximum absolute atomic E-state index is 10.6. The third kappa shape index (κ3) is 2.90. The van der Waals surface area contributed by atoms with Gasteiger partial charge in [0, 0.05) is 6.20 Å². The van der Waals surface area contributed by atoms with Crippen LogP contribution in [-0.4, -0.2) is 16.1 Å². The average molecular weight is 192 g/mol. The summed E-state index contributed by atoms with van der Waals surface area (Å²) >= 11 is 0. The molecule has 1 rings (SSSR count). The SMILES string of the molecule is C/C=C(\NCc1ccccn1)C(=O)O. The Balaban J connectivity index is 2.53. The Kier molecular flexibility index (Phi) is 3.67. The van der Waals surface area contributed by atoms with Gasteiger partial charge in [-0.15, -0.1) is 0 Å². The van der Waals surface area contributed by atoms with Crippen LogP contribution < -0.4 is 5.32 Å². The fraction of sp³-hybridized carbons (Fsp3) is 0.200. The number of nitrogens with zero attached hydrogens (tertiary/aromatic N) is 1. The van der Waals surface area contributed by atoms with Gasteiger partial charge in [-0.05, 0) is 19.1 Å². The predicted octanol–water partition coefficient (Wildman–Crippen LogP) is 1.16. The Morgan fingerprint density at radius 2 is 2.43 bits per heavy atom. The van der Waals surface area contributed by atoms with E-state index in [1.165, 1.54) is 6.08 Å². The van der Waals surface area contributed by atoms with Crippen molar-refractivity contribution in [3.05, 3.63) is 41.9 Å². The van der Waals surface area contributed by atoms with E-state index >= 15 is 0 Å². The van der Waals surface area contributed by atoms with Crippen LogP contribution in [0.3, 0.4) is 0 Å². The van der Waals surface area contributed by atoms with Crippen LogP contribution in [0.5, 0.6) is 0 Å². The molecule has 2 N–H and O–H groups in total. The maximum atomic E-state index is 10.6. The summed E-state index contributed by atoms with van der Waals surface area (Å²) in [4.78, 5) is 14.7. The maximum Gasteiger partial charge on any atom is 0.351 e. The van der Waals surface area contributed by atoms with E-state index in [1.54, 1.807) is 13.1 Å². The van der Waals surface area contributed by atoms with E-state index in [0.29, 0.717) is 6.54 Å². The molecule has 0 spiro atoms. The molecular formula is C10H12N2O2. The summed E-state index contributed by atoms with van der Waals surface area (Å²) in [6, 6.07) is 5.51. The molecule has 74 valence electrons. The summed E-state index contributed by atoms with van der Waals surface area (Å²) < 4.78 is 0. The molecule has 0 bridgehead atoms. The number of hydrogen-bond acceptors (Lipinski definition) is 3. The minimum atomic E-state index is -0.955. The number of aromatic nitrogens is 1. The minimum absolute atomic E-state index is 0.190. The zero-order chi connectivity index (χ0) is 10.4. The van der Waals surface area contributed by atoms with Crippen molar-refractivity contribution in [2.24, 2.45) is 0 Å². The van der Waals surface area contributed by atoms with Gasteiger partial charge in [0.15, 0.2) is 0 Å². The number of aliphatic carboxylic acids is 1. The van der Waals surface area contributed by atoms with E-state index in [-0.39, 0.29) is 5.70 Å². The summed E-state index contributed by atoms with van der Waals surface area (Å²) in [6.07, 6.45) is 3.19. The van der Waals surface area contributed by atoms with Crippen LogP contribution in [0.1, 0.15) is 12.6 Å². The van der Waals surface area contributed by atoms with Crippen LogP contribution >= 0.6 is 0 Å². The monoisotopic (exact) mass is 192 g/mol. The molecule has 0 amide bonds. The van der Waals surface area contributed by atoms with Gasteiger partial charge >= 0.3 is 5.97 Å². The van der Waals surface area contributed by atoms with Gasteiger partial charge in [-0.25, -0.2) is 4.79 Å². The van der Waals surface area contributed by atoms with E-state index in [0.717, 1.165) is 5.69 Å². The molecule has 0 unspecified atom stereocenters. The van der Waals surface area contributed by atoms with E-state index in [4.69, 9.17) is 5.11 Å². The molecule has 1 heterocycles. The Hall–Kier alpha value is -1.84. The molecule has 1 aromatic heterocycles. The minimum Gasteiger partial charge on any atom is -0.477 e. The zero-order valence-electron chi connectivity index (χ0n) is 7.90. The molecule has 4 nitrogen and oxygen atoms in total. The summed E-state index contributed by atoms with van der Waals surface area (Å²) in [5.41, 5.74) is 1.00. The highest BCUT2D eigenvalue weighted by Crippen LogP contribution is 1.95. The fourth-order valence-electron chi connectivity index (χ4n) is 0.990. The van der Waals surface area contributed by atoms with Crippen LogP contribution in [0.2, 0.25) is 0 Å². The van der Waals surface area contributed by atoms with E-state index in [9.17, 15) is 4.79 Å². The lowest BCUT2D eigenvalue weighted by atomic mass is 10.3. The quantitative estimate of drug-likeness (QED) is 0.703. The van der Waals surface area contributed by atoms with Gasteiger partial charge in [-0.2, -0.15) is 0 Å². The second-order valence-electron chi connectivity index (χ2n) is 2.68. The number of hydrogen-bond donors (Lipinski definition) is 2. The number of rotatable bonds is 4.